The van der Waals surface area contributed by atoms with Gasteiger partial charge in [-0.2, -0.15) is 0 Å². The van der Waals surface area contributed by atoms with Crippen LogP contribution >= 0.6 is 0 Å². The zero-order valence-corrected chi connectivity index (χ0v) is 16.9. The van der Waals surface area contributed by atoms with E-state index in [1.165, 1.54) is 22.3 Å². The number of hydrogen-bond acceptors (Lipinski definition) is 4. The first-order chi connectivity index (χ1) is 14.1. The number of alkyl carbamates (subject to hydrolysis) is 1. The lowest BCUT2D eigenvalue weighted by Gasteiger charge is -2.16. The number of carbonyl (C=O) groups is 2. The van der Waals surface area contributed by atoms with Gasteiger partial charge in [-0.3, -0.25) is 4.79 Å². The highest BCUT2D eigenvalue weighted by Crippen LogP contribution is 2.44. The number of hydrogen-bond donors (Lipinski definition) is 2. The van der Waals surface area contributed by atoms with E-state index in [-0.39, 0.29) is 37.4 Å². The Hall–Kier alpha value is -2.86. The van der Waals surface area contributed by atoms with Crippen molar-refractivity contribution in [3.8, 4) is 11.1 Å². The molecule has 0 heterocycles. The van der Waals surface area contributed by atoms with Crippen LogP contribution in [0.2, 0.25) is 0 Å². The molecule has 0 saturated heterocycles. The van der Waals surface area contributed by atoms with Crippen molar-refractivity contribution < 1.29 is 19.1 Å². The molecule has 0 saturated carbocycles. The highest BCUT2D eigenvalue weighted by atomic mass is 16.5. The van der Waals surface area contributed by atoms with Crippen molar-refractivity contribution in [2.45, 2.75) is 31.7 Å². The Morgan fingerprint density at radius 1 is 1.03 bits per heavy atom. The van der Waals surface area contributed by atoms with E-state index in [9.17, 15) is 9.59 Å². The first-order valence-electron chi connectivity index (χ1n) is 10.0. The molecule has 0 bridgehead atoms. The van der Waals surface area contributed by atoms with Crippen LogP contribution in [0.1, 0.15) is 36.8 Å². The summed E-state index contributed by atoms with van der Waals surface area (Å²) in [4.78, 5) is 24.1. The van der Waals surface area contributed by atoms with E-state index in [1.54, 1.807) is 7.11 Å². The van der Waals surface area contributed by atoms with Crippen molar-refractivity contribution in [1.82, 2.24) is 10.6 Å². The zero-order chi connectivity index (χ0) is 20.6. The fourth-order valence-electron chi connectivity index (χ4n) is 3.69. The fourth-order valence-corrected chi connectivity index (χ4v) is 3.69. The minimum Gasteiger partial charge on any atom is -0.449 e. The van der Waals surface area contributed by atoms with Gasteiger partial charge in [0.25, 0.3) is 0 Å². The van der Waals surface area contributed by atoms with Crippen molar-refractivity contribution >= 4 is 12.0 Å². The van der Waals surface area contributed by atoms with E-state index in [1.807, 2.05) is 31.2 Å². The van der Waals surface area contributed by atoms with E-state index in [0.29, 0.717) is 6.61 Å². The number of rotatable bonds is 9. The lowest BCUT2D eigenvalue weighted by Crippen LogP contribution is -2.39. The second-order valence-corrected chi connectivity index (χ2v) is 7.13. The van der Waals surface area contributed by atoms with Gasteiger partial charge in [0.05, 0.1) is 12.6 Å². The Bertz CT molecular complexity index is 807. The van der Waals surface area contributed by atoms with Gasteiger partial charge in [0, 0.05) is 26.0 Å². The molecule has 6 nitrogen and oxygen atoms in total. The van der Waals surface area contributed by atoms with Crippen LogP contribution in [0, 0.1) is 0 Å². The van der Waals surface area contributed by atoms with Gasteiger partial charge in [-0.1, -0.05) is 55.5 Å². The van der Waals surface area contributed by atoms with Gasteiger partial charge in [0.1, 0.15) is 6.61 Å². The molecule has 1 unspecified atom stereocenters. The van der Waals surface area contributed by atoms with Crippen LogP contribution < -0.4 is 10.6 Å². The van der Waals surface area contributed by atoms with Gasteiger partial charge in [0.2, 0.25) is 5.91 Å². The Morgan fingerprint density at radius 3 is 2.24 bits per heavy atom. The lowest BCUT2D eigenvalue weighted by atomic mass is 9.98. The summed E-state index contributed by atoms with van der Waals surface area (Å²) < 4.78 is 10.5. The number of nitrogens with one attached hydrogen (secondary N) is 2. The SMILES string of the molecule is CCC(COC)NC(=O)CCNC(=O)OCC1c2ccccc2-c2ccccc21. The standard InChI is InChI=1S/C23H28N2O4/c1-3-16(14-28-2)25-22(26)12-13-24-23(27)29-15-21-19-10-6-4-8-17(19)18-9-5-7-11-20(18)21/h4-11,16,21H,3,12-15H2,1-2H3,(H,24,27)(H,25,26). The predicted octanol–water partition coefficient (Wildman–Crippen LogP) is 3.46. The van der Waals surface area contributed by atoms with Crippen LogP contribution in [0.25, 0.3) is 11.1 Å². The highest BCUT2D eigenvalue weighted by molar-refractivity contribution is 5.79. The maximum Gasteiger partial charge on any atom is 0.407 e. The van der Waals surface area contributed by atoms with E-state index < -0.39 is 6.09 Å². The maximum absolute atomic E-state index is 12.1. The topological polar surface area (TPSA) is 76.7 Å². The molecule has 3 rings (SSSR count). The normalized spacial score (nSPS) is 13.3. The fraction of sp³-hybridized carbons (Fsp3) is 0.391. The minimum atomic E-state index is -0.511. The molecule has 29 heavy (non-hydrogen) atoms. The summed E-state index contributed by atoms with van der Waals surface area (Å²) in [5, 5.41) is 5.54. The molecule has 1 aliphatic carbocycles. The van der Waals surface area contributed by atoms with E-state index in [0.717, 1.165) is 6.42 Å². The summed E-state index contributed by atoms with van der Waals surface area (Å²) in [7, 11) is 1.60. The molecule has 2 N–H and O–H groups in total. The van der Waals surface area contributed by atoms with Crippen LogP contribution in [0.5, 0.6) is 0 Å². The second-order valence-electron chi connectivity index (χ2n) is 7.13. The summed E-state index contributed by atoms with van der Waals surface area (Å²) in [5.74, 6) is -0.0938. The van der Waals surface area contributed by atoms with E-state index in [2.05, 4.69) is 34.9 Å². The van der Waals surface area contributed by atoms with Gasteiger partial charge >= 0.3 is 6.09 Å². The Kier molecular flexibility index (Phi) is 7.25. The summed E-state index contributed by atoms with van der Waals surface area (Å²) in [6, 6.07) is 16.4. The number of benzene rings is 2. The third-order valence-corrected chi connectivity index (χ3v) is 5.19. The summed E-state index contributed by atoms with van der Waals surface area (Å²) in [6.45, 7) is 2.95. The molecule has 154 valence electrons. The van der Waals surface area contributed by atoms with Gasteiger partial charge in [-0.15, -0.1) is 0 Å². The molecule has 6 heteroatoms. The molecule has 1 atom stereocenters. The Balaban J connectivity index is 1.47. The van der Waals surface area contributed by atoms with Crippen LogP contribution in [0.3, 0.4) is 0 Å². The lowest BCUT2D eigenvalue weighted by molar-refractivity contribution is -0.122. The van der Waals surface area contributed by atoms with Crippen molar-refractivity contribution in [2.75, 3.05) is 26.9 Å². The Morgan fingerprint density at radius 2 is 1.66 bits per heavy atom. The maximum atomic E-state index is 12.1. The monoisotopic (exact) mass is 396 g/mol. The van der Waals surface area contributed by atoms with Gasteiger partial charge in [-0.25, -0.2) is 4.79 Å². The third-order valence-electron chi connectivity index (χ3n) is 5.19. The number of amides is 2. The Labute approximate surface area is 171 Å². The molecule has 1 aliphatic rings. The molecule has 2 aromatic carbocycles. The van der Waals surface area contributed by atoms with Crippen molar-refractivity contribution in [2.24, 2.45) is 0 Å². The van der Waals surface area contributed by atoms with Gasteiger partial charge < -0.3 is 20.1 Å². The van der Waals surface area contributed by atoms with E-state index in [4.69, 9.17) is 9.47 Å². The number of fused-ring (bicyclic) bond motifs is 3. The zero-order valence-electron chi connectivity index (χ0n) is 16.9. The van der Waals surface area contributed by atoms with Crippen molar-refractivity contribution in [3.63, 3.8) is 0 Å². The smallest absolute Gasteiger partial charge is 0.407 e. The average molecular weight is 396 g/mol. The molecule has 0 spiro atoms. The summed E-state index contributed by atoms with van der Waals surface area (Å²) >= 11 is 0. The van der Waals surface area contributed by atoms with Crippen LogP contribution in [-0.2, 0) is 14.3 Å². The molecule has 2 amide bonds. The van der Waals surface area contributed by atoms with E-state index >= 15 is 0 Å². The molecule has 0 fully saturated rings. The van der Waals surface area contributed by atoms with Crippen molar-refractivity contribution in [1.29, 1.82) is 0 Å². The molecule has 0 radical (unpaired) electrons. The second kappa shape index (κ2) is 10.1. The molecule has 0 aliphatic heterocycles. The largest absolute Gasteiger partial charge is 0.449 e. The quantitative estimate of drug-likeness (QED) is 0.681. The molecular weight excluding hydrogens is 368 g/mol. The first kappa shape index (κ1) is 20.9. The third kappa shape index (κ3) is 5.15. The minimum absolute atomic E-state index is 0.0121. The van der Waals surface area contributed by atoms with Crippen molar-refractivity contribution in [3.05, 3.63) is 59.7 Å². The van der Waals surface area contributed by atoms with Crippen LogP contribution in [-0.4, -0.2) is 44.9 Å². The molecule has 2 aromatic rings. The van der Waals surface area contributed by atoms with Crippen LogP contribution in [0.15, 0.2) is 48.5 Å². The average Bonchev–Trinajstić information content (AvgIpc) is 3.06. The predicted molar refractivity (Wildman–Crippen MR) is 112 cm³/mol. The van der Waals surface area contributed by atoms with Crippen LogP contribution in [0.4, 0.5) is 4.79 Å². The molecular formula is C23H28N2O4. The number of carbonyl (C=O) groups excluding carboxylic acids is 2. The van der Waals surface area contributed by atoms with Gasteiger partial charge in [0.15, 0.2) is 0 Å². The number of methoxy groups -OCH3 is 1. The number of ether oxygens (including phenoxy) is 2. The van der Waals surface area contributed by atoms with Gasteiger partial charge in [-0.05, 0) is 28.7 Å². The highest BCUT2D eigenvalue weighted by Gasteiger charge is 2.28. The first-order valence-corrected chi connectivity index (χ1v) is 10.0. The summed E-state index contributed by atoms with van der Waals surface area (Å²) in [5.41, 5.74) is 4.72. The molecule has 0 aromatic heterocycles. The summed E-state index contributed by atoms with van der Waals surface area (Å²) in [6.07, 6.45) is 0.479.